The molecule has 1 saturated heterocycles. The zero-order chi connectivity index (χ0) is 18.2. The van der Waals surface area contributed by atoms with Crippen LogP contribution in [0.5, 0.6) is 0 Å². The highest BCUT2D eigenvalue weighted by atomic mass is 32.2. The molecule has 1 aliphatic heterocycles. The Balaban J connectivity index is 1.67. The molecule has 0 radical (unpaired) electrons. The van der Waals surface area contributed by atoms with Crippen LogP contribution in [0.25, 0.3) is 0 Å². The highest BCUT2D eigenvalue weighted by Crippen LogP contribution is 2.33. The molecule has 3 rings (SSSR count). The third-order valence-corrected chi connectivity index (χ3v) is 6.94. The molecule has 0 spiro atoms. The number of amides is 1. The summed E-state index contributed by atoms with van der Waals surface area (Å²) in [7, 11) is -3.85. The highest BCUT2D eigenvalue weighted by molar-refractivity contribution is 7.89. The number of piperidine rings is 1. The lowest BCUT2D eigenvalue weighted by Gasteiger charge is -2.35. The van der Waals surface area contributed by atoms with E-state index in [2.05, 4.69) is 0 Å². The quantitative estimate of drug-likeness (QED) is 0.803. The molecule has 1 aliphatic carbocycles. The fourth-order valence-electron chi connectivity index (χ4n) is 3.56. The molecule has 2 fully saturated rings. The molecule has 1 amide bonds. The van der Waals surface area contributed by atoms with E-state index in [0.29, 0.717) is 18.9 Å². The largest absolute Gasteiger partial charge is 0.337 e. The van der Waals surface area contributed by atoms with E-state index >= 15 is 0 Å². The van der Waals surface area contributed by atoms with Crippen molar-refractivity contribution in [1.29, 1.82) is 0 Å². The number of carbonyl (C=O) groups is 1. The third-order valence-electron chi connectivity index (χ3n) is 5.01. The molecule has 0 unspecified atom stereocenters. The van der Waals surface area contributed by atoms with Crippen molar-refractivity contribution in [3.8, 4) is 0 Å². The summed E-state index contributed by atoms with van der Waals surface area (Å²) >= 11 is 0. The summed E-state index contributed by atoms with van der Waals surface area (Å²) in [6.07, 6.45) is 3.10. The van der Waals surface area contributed by atoms with Crippen molar-refractivity contribution in [1.82, 2.24) is 9.21 Å². The van der Waals surface area contributed by atoms with E-state index < -0.39 is 15.8 Å². The Bertz CT molecular complexity index is 736. The first-order chi connectivity index (χ1) is 11.8. The van der Waals surface area contributed by atoms with E-state index in [0.717, 1.165) is 18.9 Å². The normalized spacial score (nSPS) is 20.0. The summed E-state index contributed by atoms with van der Waals surface area (Å²) in [5, 5.41) is 0. The van der Waals surface area contributed by atoms with Gasteiger partial charge in [0.2, 0.25) is 15.9 Å². The smallest absolute Gasteiger partial charge is 0.245 e. The molecule has 0 atom stereocenters. The van der Waals surface area contributed by atoms with Crippen LogP contribution in [-0.2, 0) is 14.8 Å². The van der Waals surface area contributed by atoms with Crippen molar-refractivity contribution in [3.63, 3.8) is 0 Å². The highest BCUT2D eigenvalue weighted by Gasteiger charge is 2.39. The molecule has 1 aromatic carbocycles. The second-order valence-corrected chi connectivity index (χ2v) is 9.09. The minimum Gasteiger partial charge on any atom is -0.337 e. The predicted molar refractivity (Wildman–Crippen MR) is 92.9 cm³/mol. The Morgan fingerprint density at radius 3 is 2.28 bits per heavy atom. The summed E-state index contributed by atoms with van der Waals surface area (Å²) in [6.45, 7) is 4.55. The van der Waals surface area contributed by atoms with Gasteiger partial charge in [-0.05, 0) is 51.7 Å². The van der Waals surface area contributed by atoms with Gasteiger partial charge in [0.15, 0.2) is 0 Å². The van der Waals surface area contributed by atoms with Crippen LogP contribution in [0.15, 0.2) is 29.2 Å². The predicted octanol–water partition coefficient (Wildman–Crippen LogP) is 2.63. The van der Waals surface area contributed by atoms with Gasteiger partial charge in [-0.15, -0.1) is 0 Å². The number of carbonyl (C=O) groups excluding carboxylic acids is 1. The second kappa shape index (κ2) is 7.03. The fraction of sp³-hybridized carbons (Fsp3) is 0.611. The molecule has 1 aromatic rings. The van der Waals surface area contributed by atoms with Gasteiger partial charge >= 0.3 is 0 Å². The Labute approximate surface area is 148 Å². The van der Waals surface area contributed by atoms with Crippen molar-refractivity contribution in [2.75, 3.05) is 13.1 Å². The van der Waals surface area contributed by atoms with Crippen molar-refractivity contribution in [3.05, 3.63) is 30.1 Å². The first-order valence-corrected chi connectivity index (χ1v) is 10.3. The molecule has 1 heterocycles. The van der Waals surface area contributed by atoms with Crippen LogP contribution >= 0.6 is 0 Å². The van der Waals surface area contributed by atoms with E-state index in [1.807, 2.05) is 18.7 Å². The molecule has 138 valence electrons. The van der Waals surface area contributed by atoms with E-state index in [-0.39, 0.29) is 35.9 Å². The minimum atomic E-state index is -3.85. The van der Waals surface area contributed by atoms with Crippen LogP contribution in [0.4, 0.5) is 4.39 Å². The molecule has 25 heavy (non-hydrogen) atoms. The Kier molecular flexibility index (Phi) is 5.16. The number of benzene rings is 1. The topological polar surface area (TPSA) is 57.7 Å². The van der Waals surface area contributed by atoms with Crippen LogP contribution in [0.3, 0.4) is 0 Å². The minimum absolute atomic E-state index is 0.139. The Morgan fingerprint density at radius 1 is 1.16 bits per heavy atom. The number of nitrogens with zero attached hydrogens (tertiary/aromatic N) is 2. The SMILES string of the molecule is CC(C)N(C(=O)C1CCN(S(=O)(=O)c2ccccc2F)CC1)C1CC1. The maximum atomic E-state index is 13.9. The lowest BCUT2D eigenvalue weighted by atomic mass is 9.96. The van der Waals surface area contributed by atoms with Gasteiger partial charge in [0.25, 0.3) is 0 Å². The number of halogens is 1. The standard InChI is InChI=1S/C18H25FN2O3S/c1-13(2)21(15-7-8-15)18(22)14-9-11-20(12-10-14)25(23,24)17-6-4-3-5-16(17)19/h3-6,13-15H,7-12H2,1-2H3. The van der Waals surface area contributed by atoms with Gasteiger partial charge in [-0.2, -0.15) is 4.31 Å². The van der Waals surface area contributed by atoms with Crippen LogP contribution < -0.4 is 0 Å². The van der Waals surface area contributed by atoms with Gasteiger partial charge in [-0.25, -0.2) is 12.8 Å². The lowest BCUT2D eigenvalue weighted by Crippen LogP contribution is -2.47. The Morgan fingerprint density at radius 2 is 1.76 bits per heavy atom. The molecule has 0 bridgehead atoms. The van der Waals surface area contributed by atoms with Gasteiger partial charge in [-0.3, -0.25) is 4.79 Å². The van der Waals surface area contributed by atoms with Crippen LogP contribution in [0.2, 0.25) is 0 Å². The van der Waals surface area contributed by atoms with Gasteiger partial charge in [-0.1, -0.05) is 12.1 Å². The zero-order valence-electron chi connectivity index (χ0n) is 14.7. The molecule has 0 N–H and O–H groups in total. The number of sulfonamides is 1. The van der Waals surface area contributed by atoms with Crippen molar-refractivity contribution in [2.45, 2.75) is 56.5 Å². The summed E-state index contributed by atoms with van der Waals surface area (Å²) in [4.78, 5) is 14.5. The third kappa shape index (κ3) is 3.72. The van der Waals surface area contributed by atoms with E-state index in [1.165, 1.54) is 22.5 Å². The average Bonchev–Trinajstić information content (AvgIpc) is 3.39. The fourth-order valence-corrected chi connectivity index (χ4v) is 5.09. The molecule has 1 saturated carbocycles. The van der Waals surface area contributed by atoms with Gasteiger partial charge in [0.05, 0.1) is 0 Å². The molecule has 5 nitrogen and oxygen atoms in total. The van der Waals surface area contributed by atoms with E-state index in [9.17, 15) is 17.6 Å². The van der Waals surface area contributed by atoms with Gasteiger partial charge in [0, 0.05) is 31.1 Å². The van der Waals surface area contributed by atoms with Crippen LogP contribution in [0.1, 0.15) is 39.5 Å². The van der Waals surface area contributed by atoms with Gasteiger partial charge < -0.3 is 4.90 Å². The maximum absolute atomic E-state index is 13.9. The monoisotopic (exact) mass is 368 g/mol. The van der Waals surface area contributed by atoms with Crippen molar-refractivity contribution in [2.24, 2.45) is 5.92 Å². The first kappa shape index (κ1) is 18.3. The van der Waals surface area contributed by atoms with Crippen LogP contribution in [0, 0.1) is 11.7 Å². The van der Waals surface area contributed by atoms with E-state index in [1.54, 1.807) is 0 Å². The summed E-state index contributed by atoms with van der Waals surface area (Å²) in [5.41, 5.74) is 0. The Hall–Kier alpha value is -1.47. The van der Waals surface area contributed by atoms with E-state index in [4.69, 9.17) is 0 Å². The van der Waals surface area contributed by atoms with Crippen molar-refractivity contribution >= 4 is 15.9 Å². The molecule has 2 aliphatic rings. The molecular formula is C18H25FN2O3S. The summed E-state index contributed by atoms with van der Waals surface area (Å²) < 4.78 is 40.4. The first-order valence-electron chi connectivity index (χ1n) is 8.89. The summed E-state index contributed by atoms with van der Waals surface area (Å²) in [5.74, 6) is -0.740. The number of hydrogen-bond donors (Lipinski definition) is 0. The molecular weight excluding hydrogens is 343 g/mol. The second-order valence-electron chi connectivity index (χ2n) is 7.18. The zero-order valence-corrected chi connectivity index (χ0v) is 15.5. The maximum Gasteiger partial charge on any atom is 0.245 e. The van der Waals surface area contributed by atoms with Crippen molar-refractivity contribution < 1.29 is 17.6 Å². The van der Waals surface area contributed by atoms with Crippen LogP contribution in [-0.4, -0.2) is 48.7 Å². The number of rotatable bonds is 5. The van der Waals surface area contributed by atoms with Gasteiger partial charge in [0.1, 0.15) is 10.7 Å². The molecule has 7 heteroatoms. The lowest BCUT2D eigenvalue weighted by molar-refractivity contribution is -0.139. The average molecular weight is 368 g/mol. The number of hydrogen-bond acceptors (Lipinski definition) is 3. The molecule has 0 aromatic heterocycles. The summed E-state index contributed by atoms with van der Waals surface area (Å²) in [6, 6.07) is 5.95.